The van der Waals surface area contributed by atoms with Crippen LogP contribution in [0.5, 0.6) is 0 Å². The molecule has 0 amide bonds. The number of ketones is 1. The van der Waals surface area contributed by atoms with Crippen molar-refractivity contribution in [3.05, 3.63) is 0 Å². The van der Waals surface area contributed by atoms with Gasteiger partial charge in [-0.15, -0.1) is 0 Å². The molecule has 6 aliphatic rings. The van der Waals surface area contributed by atoms with E-state index in [1.165, 1.54) is 25.8 Å². The summed E-state index contributed by atoms with van der Waals surface area (Å²) in [6.07, 6.45) is 9.08. The van der Waals surface area contributed by atoms with Crippen molar-refractivity contribution in [1.29, 1.82) is 0 Å². The van der Waals surface area contributed by atoms with E-state index in [1.807, 2.05) is 0 Å². The van der Waals surface area contributed by atoms with Gasteiger partial charge in [-0.2, -0.15) is 0 Å². The van der Waals surface area contributed by atoms with Crippen LogP contribution in [0.1, 0.15) is 78.6 Å². The maximum Gasteiger partial charge on any atom is 0.136 e. The Morgan fingerprint density at radius 1 is 0.903 bits per heavy atom. The fourth-order valence-corrected chi connectivity index (χ4v) is 10.4. The molecule has 174 valence electrons. The number of aliphatic hydroxyl groups excluding tert-OH is 1. The van der Waals surface area contributed by atoms with Crippen LogP contribution in [0.25, 0.3) is 0 Å². The largest absolute Gasteiger partial charge is 0.393 e. The number of carbonyl (C=O) groups is 1. The van der Waals surface area contributed by atoms with E-state index in [9.17, 15) is 15.0 Å². The second-order valence-corrected chi connectivity index (χ2v) is 13.2. The third kappa shape index (κ3) is 2.93. The van der Waals surface area contributed by atoms with Gasteiger partial charge in [0.1, 0.15) is 5.78 Å². The highest BCUT2D eigenvalue weighted by Crippen LogP contribution is 2.66. The minimum absolute atomic E-state index is 0.0789. The molecule has 4 saturated carbocycles. The first-order valence-electron chi connectivity index (χ1n) is 13.4. The van der Waals surface area contributed by atoms with Gasteiger partial charge in [-0.3, -0.25) is 9.69 Å². The predicted molar refractivity (Wildman–Crippen MR) is 120 cm³/mol. The summed E-state index contributed by atoms with van der Waals surface area (Å²) >= 11 is 0. The van der Waals surface area contributed by atoms with Crippen LogP contribution in [0, 0.1) is 52.8 Å². The quantitative estimate of drug-likeness (QED) is 0.613. The maximum atomic E-state index is 13.2. The van der Waals surface area contributed by atoms with Crippen LogP contribution in [-0.4, -0.2) is 51.7 Å². The van der Waals surface area contributed by atoms with Gasteiger partial charge >= 0.3 is 0 Å². The maximum absolute atomic E-state index is 13.2. The molecule has 12 atom stereocenters. The Bertz CT molecular complexity index is 751. The van der Waals surface area contributed by atoms with Gasteiger partial charge in [0.05, 0.1) is 11.7 Å². The molecule has 6 fully saturated rings. The van der Waals surface area contributed by atoms with E-state index in [1.54, 1.807) is 0 Å². The second-order valence-electron chi connectivity index (χ2n) is 13.2. The molecule has 0 spiro atoms. The molecule has 2 aliphatic heterocycles. The van der Waals surface area contributed by atoms with Gasteiger partial charge in [-0.1, -0.05) is 13.8 Å². The number of nitrogens with zero attached hydrogens (tertiary/aromatic N) is 1. The zero-order chi connectivity index (χ0) is 21.7. The summed E-state index contributed by atoms with van der Waals surface area (Å²) in [7, 11) is 0. The summed E-state index contributed by atoms with van der Waals surface area (Å²) in [5.41, 5.74) is -0.482. The molecule has 2 heterocycles. The van der Waals surface area contributed by atoms with Gasteiger partial charge in [0, 0.05) is 31.5 Å². The van der Waals surface area contributed by atoms with Gasteiger partial charge in [-0.05, 0) is 105 Å². The van der Waals surface area contributed by atoms with Gasteiger partial charge < -0.3 is 10.2 Å². The summed E-state index contributed by atoms with van der Waals surface area (Å²) in [6.45, 7) is 9.23. The van der Waals surface area contributed by atoms with E-state index >= 15 is 0 Å². The molecule has 2 saturated heterocycles. The standard InChI is InChI=1S/C27H43NO3/c1-15-4-7-25-27(3,31)21-6-5-17-18(20(21)14-28(25)13-15)11-22-19(17)12-24(30)23-10-16(29)8-9-26(22,23)2/h15-23,25,29,31H,4-14H2,1-3H3/t15-,16+,17+,18+,19-,20-,21-,22-,23+,25-,26-,27+/m0/s1. The van der Waals surface area contributed by atoms with Crippen molar-refractivity contribution in [3.63, 3.8) is 0 Å². The van der Waals surface area contributed by atoms with Crippen molar-refractivity contribution in [2.24, 2.45) is 52.8 Å². The second kappa shape index (κ2) is 7.03. The fourth-order valence-electron chi connectivity index (χ4n) is 10.4. The molecule has 4 aliphatic carbocycles. The lowest BCUT2D eigenvalue weighted by Crippen LogP contribution is -2.67. The number of rotatable bonds is 0. The van der Waals surface area contributed by atoms with E-state index in [2.05, 4.69) is 25.7 Å². The Morgan fingerprint density at radius 3 is 2.52 bits per heavy atom. The minimum atomic E-state index is -0.570. The zero-order valence-corrected chi connectivity index (χ0v) is 19.8. The van der Waals surface area contributed by atoms with Crippen LogP contribution < -0.4 is 0 Å². The molecule has 31 heavy (non-hydrogen) atoms. The van der Waals surface area contributed by atoms with Crippen LogP contribution in [0.4, 0.5) is 0 Å². The first-order valence-corrected chi connectivity index (χ1v) is 13.4. The highest BCUT2D eigenvalue weighted by Gasteiger charge is 2.64. The third-order valence-corrected chi connectivity index (χ3v) is 11.8. The summed E-state index contributed by atoms with van der Waals surface area (Å²) < 4.78 is 0. The van der Waals surface area contributed by atoms with Crippen molar-refractivity contribution < 1.29 is 15.0 Å². The molecule has 0 aromatic carbocycles. The molecule has 0 radical (unpaired) electrons. The van der Waals surface area contributed by atoms with Crippen LogP contribution in [0.15, 0.2) is 0 Å². The van der Waals surface area contributed by atoms with Gasteiger partial charge in [-0.25, -0.2) is 0 Å². The van der Waals surface area contributed by atoms with Crippen LogP contribution >= 0.6 is 0 Å². The molecule has 0 bridgehead atoms. The highest BCUT2D eigenvalue weighted by molar-refractivity contribution is 5.83. The van der Waals surface area contributed by atoms with E-state index in [4.69, 9.17) is 0 Å². The summed E-state index contributed by atoms with van der Waals surface area (Å²) in [4.78, 5) is 15.9. The highest BCUT2D eigenvalue weighted by atomic mass is 16.3. The molecule has 4 nitrogen and oxygen atoms in total. The van der Waals surface area contributed by atoms with Crippen LogP contribution in [0.3, 0.4) is 0 Å². The molecular weight excluding hydrogens is 386 g/mol. The third-order valence-electron chi connectivity index (χ3n) is 11.8. The Balaban J connectivity index is 1.31. The minimum Gasteiger partial charge on any atom is -0.393 e. The first-order chi connectivity index (χ1) is 14.7. The van der Waals surface area contributed by atoms with Gasteiger partial charge in [0.15, 0.2) is 0 Å². The van der Waals surface area contributed by atoms with Crippen LogP contribution in [0.2, 0.25) is 0 Å². The number of hydrogen-bond acceptors (Lipinski definition) is 4. The fraction of sp³-hybridized carbons (Fsp3) is 0.963. The molecule has 0 unspecified atom stereocenters. The summed E-state index contributed by atoms with van der Waals surface area (Å²) in [5.74, 6) is 4.82. The van der Waals surface area contributed by atoms with E-state index in [-0.39, 0.29) is 17.4 Å². The predicted octanol–water partition coefficient (Wildman–Crippen LogP) is 3.89. The van der Waals surface area contributed by atoms with E-state index < -0.39 is 5.60 Å². The van der Waals surface area contributed by atoms with Crippen molar-refractivity contribution in [3.8, 4) is 0 Å². The van der Waals surface area contributed by atoms with Crippen molar-refractivity contribution in [1.82, 2.24) is 4.90 Å². The molecule has 0 aromatic heterocycles. The Labute approximate surface area is 188 Å². The average Bonchev–Trinajstić information content (AvgIpc) is 3.09. The number of Topliss-reactive ketones (excluding diaryl/α,β-unsaturated/α-hetero) is 1. The normalized spacial score (nSPS) is 59.2. The van der Waals surface area contributed by atoms with Crippen molar-refractivity contribution in [2.75, 3.05) is 13.1 Å². The van der Waals surface area contributed by atoms with E-state index in [0.717, 1.165) is 44.6 Å². The summed E-state index contributed by atoms with van der Waals surface area (Å²) in [5, 5.41) is 22.1. The number of piperidine rings is 2. The Morgan fingerprint density at radius 2 is 1.71 bits per heavy atom. The van der Waals surface area contributed by atoms with Crippen molar-refractivity contribution in [2.45, 2.75) is 96.3 Å². The monoisotopic (exact) mass is 429 g/mol. The molecular formula is C27H43NO3. The lowest BCUT2D eigenvalue weighted by molar-refractivity contribution is -0.175. The topological polar surface area (TPSA) is 60.8 Å². The molecule has 2 N–H and O–H groups in total. The number of hydrogen-bond donors (Lipinski definition) is 2. The molecule has 4 heteroatoms. The Kier molecular flexibility index (Phi) is 4.78. The summed E-state index contributed by atoms with van der Waals surface area (Å²) in [6, 6.07) is 0.341. The Hall–Kier alpha value is -0.450. The first kappa shape index (κ1) is 21.1. The zero-order valence-electron chi connectivity index (χ0n) is 19.8. The van der Waals surface area contributed by atoms with Gasteiger partial charge in [0.2, 0.25) is 0 Å². The van der Waals surface area contributed by atoms with Gasteiger partial charge in [0.25, 0.3) is 0 Å². The average molecular weight is 430 g/mol. The SMILES string of the molecule is C[C@H]1CC[C@@H]2N(C1)C[C@H]1[C@@H]3C[C@H]4[C@@H](CC(=O)[C@H]5C[C@H](O)CC[C@]54C)[C@@H]3CC[C@@H]1[C@@]2(C)O. The van der Waals surface area contributed by atoms with E-state index in [0.29, 0.717) is 53.8 Å². The number of carbonyl (C=O) groups excluding carboxylic acids is 1. The molecule has 6 rings (SSSR count). The van der Waals surface area contributed by atoms with Crippen molar-refractivity contribution >= 4 is 5.78 Å². The number of aliphatic hydroxyl groups is 2. The lowest BCUT2D eigenvalue weighted by Gasteiger charge is -2.59. The smallest absolute Gasteiger partial charge is 0.136 e. The molecule has 0 aromatic rings. The lowest BCUT2D eigenvalue weighted by atomic mass is 9.51. The number of fused-ring (bicyclic) bond motifs is 8. The van der Waals surface area contributed by atoms with Crippen LogP contribution in [-0.2, 0) is 4.79 Å².